The predicted molar refractivity (Wildman–Crippen MR) is 59.8 cm³/mol. The lowest BCUT2D eigenvalue weighted by Crippen LogP contribution is -2.38. The summed E-state index contributed by atoms with van der Waals surface area (Å²) in [5, 5.41) is 0.588. The fourth-order valence-electron chi connectivity index (χ4n) is 1.33. The largest absolute Gasteiger partial charge is 0.302 e. The first-order valence-corrected chi connectivity index (χ1v) is 4.87. The molecule has 0 spiro atoms. The third kappa shape index (κ3) is 2.80. The number of anilines is 1. The molecule has 0 aliphatic carbocycles. The van der Waals surface area contributed by atoms with E-state index in [2.05, 4.69) is 0 Å². The maximum Gasteiger partial charge on any atom is 0.224 e. The Morgan fingerprint density at radius 1 is 1.40 bits per heavy atom. The lowest BCUT2D eigenvalue weighted by Gasteiger charge is -2.23. The average molecular weight is 225 g/mol. The summed E-state index contributed by atoms with van der Waals surface area (Å²) < 4.78 is 0. The Hall–Kier alpha value is -1.35. The van der Waals surface area contributed by atoms with Gasteiger partial charge >= 0.3 is 0 Å². The highest BCUT2D eigenvalue weighted by atomic mass is 35.5. The van der Waals surface area contributed by atoms with Gasteiger partial charge in [0.2, 0.25) is 12.2 Å². The molecule has 1 aromatic carbocycles. The van der Waals surface area contributed by atoms with Crippen molar-refractivity contribution in [2.24, 2.45) is 0 Å². The zero-order valence-electron chi connectivity index (χ0n) is 8.53. The first-order valence-electron chi connectivity index (χ1n) is 4.49. The van der Waals surface area contributed by atoms with Crippen molar-refractivity contribution in [2.45, 2.75) is 19.9 Å². The van der Waals surface area contributed by atoms with Gasteiger partial charge in [0.1, 0.15) is 6.04 Å². The zero-order valence-corrected chi connectivity index (χ0v) is 9.28. The first kappa shape index (κ1) is 11.7. The van der Waals surface area contributed by atoms with Gasteiger partial charge in [-0.25, -0.2) is 0 Å². The molecule has 0 N–H and O–H groups in total. The van der Waals surface area contributed by atoms with Crippen molar-refractivity contribution in [3.8, 4) is 0 Å². The highest BCUT2D eigenvalue weighted by molar-refractivity contribution is 6.30. The number of hydrogen-bond donors (Lipinski definition) is 0. The van der Waals surface area contributed by atoms with Crippen LogP contribution in [0, 0.1) is 0 Å². The molecule has 1 rings (SSSR count). The van der Waals surface area contributed by atoms with Crippen LogP contribution in [0.5, 0.6) is 0 Å². The molecule has 3 nitrogen and oxygen atoms in total. The van der Waals surface area contributed by atoms with Gasteiger partial charge in [-0.2, -0.15) is 0 Å². The van der Waals surface area contributed by atoms with E-state index in [9.17, 15) is 9.59 Å². The van der Waals surface area contributed by atoms with E-state index in [1.807, 2.05) is 0 Å². The lowest BCUT2D eigenvalue weighted by molar-refractivity contribution is -0.116. The van der Waals surface area contributed by atoms with Crippen LogP contribution in [0.4, 0.5) is 5.69 Å². The van der Waals surface area contributed by atoms with Crippen molar-refractivity contribution in [1.82, 2.24) is 0 Å². The van der Waals surface area contributed by atoms with Gasteiger partial charge in [-0.1, -0.05) is 11.6 Å². The van der Waals surface area contributed by atoms with Gasteiger partial charge in [0.25, 0.3) is 0 Å². The summed E-state index contributed by atoms with van der Waals surface area (Å²) in [5.74, 6) is -0.201. The summed E-state index contributed by atoms with van der Waals surface area (Å²) in [7, 11) is 0. The zero-order chi connectivity index (χ0) is 11.4. The summed E-state index contributed by atoms with van der Waals surface area (Å²) in [6, 6.07) is 6.13. The van der Waals surface area contributed by atoms with E-state index in [4.69, 9.17) is 11.6 Å². The minimum absolute atomic E-state index is 0.201. The van der Waals surface area contributed by atoms with E-state index in [1.165, 1.54) is 11.8 Å². The summed E-state index contributed by atoms with van der Waals surface area (Å²) >= 11 is 5.73. The van der Waals surface area contributed by atoms with Crippen LogP contribution in [0.2, 0.25) is 5.02 Å². The fourth-order valence-corrected chi connectivity index (χ4v) is 1.46. The Bertz CT molecular complexity index is 361. The molecule has 4 heteroatoms. The highest BCUT2D eigenvalue weighted by Crippen LogP contribution is 2.19. The van der Waals surface area contributed by atoms with Crippen LogP contribution < -0.4 is 4.90 Å². The summed E-state index contributed by atoms with van der Waals surface area (Å²) in [6.45, 7) is 3.02. The Morgan fingerprint density at radius 3 is 2.33 bits per heavy atom. The smallest absolute Gasteiger partial charge is 0.224 e. The molecule has 0 aliphatic heterocycles. The predicted octanol–water partition coefficient (Wildman–Crippen LogP) is 2.19. The van der Waals surface area contributed by atoms with Crippen molar-refractivity contribution < 1.29 is 9.59 Å². The molecule has 0 saturated carbocycles. The second-order valence-corrected chi connectivity index (χ2v) is 3.60. The van der Waals surface area contributed by atoms with Gasteiger partial charge in [0.05, 0.1) is 0 Å². The van der Waals surface area contributed by atoms with Crippen LogP contribution in [0.25, 0.3) is 0 Å². The van der Waals surface area contributed by atoms with Crippen molar-refractivity contribution in [3.63, 3.8) is 0 Å². The Morgan fingerprint density at radius 2 is 1.93 bits per heavy atom. The van der Waals surface area contributed by atoms with Gasteiger partial charge in [-0.15, -0.1) is 0 Å². The normalized spacial score (nSPS) is 11.9. The summed E-state index contributed by atoms with van der Waals surface area (Å²) in [6.07, 6.45) is 1.78. The third-order valence-electron chi connectivity index (χ3n) is 2.00. The van der Waals surface area contributed by atoms with E-state index in [-0.39, 0.29) is 5.91 Å². The second kappa shape index (κ2) is 4.94. The SMILES string of the molecule is CC(=O)N(c1ccc(Cl)cc1)[C@@H](C)[C]=O. The van der Waals surface area contributed by atoms with Gasteiger partial charge < -0.3 is 4.90 Å². The molecule has 0 aromatic heterocycles. The molecule has 0 aliphatic rings. The molecule has 79 valence electrons. The van der Waals surface area contributed by atoms with Crippen molar-refractivity contribution in [2.75, 3.05) is 4.90 Å². The minimum Gasteiger partial charge on any atom is -0.302 e. The Balaban J connectivity index is 3.04. The average Bonchev–Trinajstić information content (AvgIpc) is 2.20. The lowest BCUT2D eigenvalue weighted by atomic mass is 10.2. The molecule has 1 amide bonds. The minimum atomic E-state index is -0.594. The van der Waals surface area contributed by atoms with Gasteiger partial charge in [-0.05, 0) is 31.2 Å². The third-order valence-corrected chi connectivity index (χ3v) is 2.25. The van der Waals surface area contributed by atoms with Crippen LogP contribution in [-0.2, 0) is 9.59 Å². The number of rotatable bonds is 3. The molecule has 0 unspecified atom stereocenters. The molecule has 1 radical (unpaired) electrons. The number of carbonyl (C=O) groups excluding carboxylic acids is 2. The van der Waals surface area contributed by atoms with Crippen LogP contribution in [-0.4, -0.2) is 18.2 Å². The van der Waals surface area contributed by atoms with Crippen molar-refractivity contribution in [3.05, 3.63) is 29.3 Å². The van der Waals surface area contributed by atoms with Crippen LogP contribution in [0.1, 0.15) is 13.8 Å². The monoisotopic (exact) mass is 224 g/mol. The number of carbonyl (C=O) groups is 1. The molecular formula is C11H11ClNO2. The van der Waals surface area contributed by atoms with Gasteiger partial charge in [0.15, 0.2) is 0 Å². The number of amides is 1. The second-order valence-electron chi connectivity index (χ2n) is 3.16. The molecule has 1 atom stereocenters. The molecule has 0 bridgehead atoms. The van der Waals surface area contributed by atoms with Crippen molar-refractivity contribution >= 4 is 29.5 Å². The van der Waals surface area contributed by atoms with Gasteiger partial charge in [-0.3, -0.25) is 9.59 Å². The van der Waals surface area contributed by atoms with Gasteiger partial charge in [0, 0.05) is 17.6 Å². The molecule has 15 heavy (non-hydrogen) atoms. The quantitative estimate of drug-likeness (QED) is 0.789. The molecule has 0 saturated heterocycles. The topological polar surface area (TPSA) is 37.4 Å². The molecular weight excluding hydrogens is 214 g/mol. The molecule has 0 fully saturated rings. The maximum atomic E-state index is 11.3. The van der Waals surface area contributed by atoms with E-state index in [0.29, 0.717) is 10.7 Å². The van der Waals surface area contributed by atoms with Crippen LogP contribution >= 0.6 is 11.6 Å². The first-order chi connectivity index (χ1) is 7.06. The van der Waals surface area contributed by atoms with E-state index in [1.54, 1.807) is 37.5 Å². The number of nitrogens with zero attached hydrogens (tertiary/aromatic N) is 1. The number of halogens is 1. The highest BCUT2D eigenvalue weighted by Gasteiger charge is 2.18. The van der Waals surface area contributed by atoms with Crippen molar-refractivity contribution in [1.29, 1.82) is 0 Å². The van der Waals surface area contributed by atoms with Crippen LogP contribution in [0.15, 0.2) is 24.3 Å². The number of benzene rings is 1. The Kier molecular flexibility index (Phi) is 3.86. The maximum absolute atomic E-state index is 11.3. The standard InChI is InChI=1S/C11H11ClNO2/c1-8(7-14)13(9(2)15)11-5-3-10(12)4-6-11/h3-6,8H,1-2H3/t8-/m0/s1. The molecule has 0 heterocycles. The van der Waals surface area contributed by atoms with E-state index < -0.39 is 6.04 Å². The number of hydrogen-bond acceptors (Lipinski definition) is 2. The van der Waals surface area contributed by atoms with E-state index in [0.717, 1.165) is 0 Å². The Labute approximate surface area is 93.6 Å². The van der Waals surface area contributed by atoms with Crippen LogP contribution in [0.3, 0.4) is 0 Å². The summed E-state index contributed by atoms with van der Waals surface area (Å²) in [4.78, 5) is 23.3. The fraction of sp³-hybridized carbons (Fsp3) is 0.273. The molecule has 1 aromatic rings. The van der Waals surface area contributed by atoms with E-state index >= 15 is 0 Å². The summed E-state index contributed by atoms with van der Waals surface area (Å²) in [5.41, 5.74) is 0.641.